The van der Waals surface area contributed by atoms with Crippen LogP contribution in [-0.4, -0.2) is 21.0 Å². The maximum absolute atomic E-state index is 10.7. The highest BCUT2D eigenvalue weighted by molar-refractivity contribution is 7.10. The highest BCUT2D eigenvalue weighted by Gasteiger charge is 2.29. The summed E-state index contributed by atoms with van der Waals surface area (Å²) in [5.74, 6) is 0.233. The van der Waals surface area contributed by atoms with Crippen LogP contribution < -0.4 is 0 Å². The zero-order valence-corrected chi connectivity index (χ0v) is 13.3. The van der Waals surface area contributed by atoms with E-state index in [1.165, 1.54) is 10.4 Å². The number of halogens is 1. The molecule has 2 heterocycles. The van der Waals surface area contributed by atoms with Crippen LogP contribution in [0.1, 0.15) is 40.6 Å². The first kappa shape index (κ1) is 14.1. The van der Waals surface area contributed by atoms with Crippen LogP contribution >= 0.6 is 22.9 Å². The van der Waals surface area contributed by atoms with Gasteiger partial charge in [-0.25, -0.2) is 0 Å². The number of nitrogens with zero attached hydrogens (tertiary/aromatic N) is 2. The van der Waals surface area contributed by atoms with Crippen molar-refractivity contribution >= 4 is 22.9 Å². The quantitative estimate of drug-likeness (QED) is 0.942. The highest BCUT2D eigenvalue weighted by Crippen LogP contribution is 2.38. The number of hydrogen-bond donors (Lipinski definition) is 1. The van der Waals surface area contributed by atoms with Crippen LogP contribution in [0.3, 0.4) is 0 Å². The number of hydrogen-bond acceptors (Lipinski definition) is 3. The average Bonchev–Trinajstić information content (AvgIpc) is 2.99. The number of thiophene rings is 1. The van der Waals surface area contributed by atoms with Gasteiger partial charge < -0.3 is 5.11 Å². The van der Waals surface area contributed by atoms with Crippen LogP contribution in [0.25, 0.3) is 0 Å². The van der Waals surface area contributed by atoms with Crippen LogP contribution in [0, 0.1) is 6.92 Å². The van der Waals surface area contributed by atoms with E-state index < -0.39 is 6.10 Å². The van der Waals surface area contributed by atoms with E-state index in [9.17, 15) is 5.11 Å². The molecule has 20 heavy (non-hydrogen) atoms. The maximum atomic E-state index is 10.7. The number of aliphatic hydroxyl groups is 1. The second-order valence-electron chi connectivity index (χ2n) is 5.54. The molecule has 0 saturated heterocycles. The third-order valence-electron chi connectivity index (χ3n) is 4.23. The number of aliphatic hydroxyl groups excluding tert-OH is 1. The van der Waals surface area contributed by atoms with Gasteiger partial charge in [-0.2, -0.15) is 5.10 Å². The van der Waals surface area contributed by atoms with E-state index in [4.69, 9.17) is 11.6 Å². The molecule has 0 fully saturated rings. The van der Waals surface area contributed by atoms with Crippen molar-refractivity contribution < 1.29 is 5.11 Å². The Bertz CT molecular complexity index is 619. The van der Waals surface area contributed by atoms with Gasteiger partial charge in [0.25, 0.3) is 0 Å². The van der Waals surface area contributed by atoms with Gasteiger partial charge >= 0.3 is 0 Å². The number of aromatic nitrogens is 2. The molecule has 1 aliphatic carbocycles. The Hall–Kier alpha value is -0.840. The molecule has 0 amide bonds. The molecule has 5 heteroatoms. The molecule has 1 aliphatic rings. The number of fused-ring (bicyclic) bond motifs is 1. The van der Waals surface area contributed by atoms with Gasteiger partial charge in [-0.05, 0) is 43.2 Å². The predicted molar refractivity (Wildman–Crippen MR) is 82.7 cm³/mol. The lowest BCUT2D eigenvalue weighted by Crippen LogP contribution is -2.25. The van der Waals surface area contributed by atoms with Crippen molar-refractivity contribution in [1.29, 1.82) is 0 Å². The van der Waals surface area contributed by atoms with E-state index in [1.807, 2.05) is 25.3 Å². The molecule has 0 bridgehead atoms. The monoisotopic (exact) mass is 310 g/mol. The largest absolute Gasteiger partial charge is 0.392 e. The summed E-state index contributed by atoms with van der Waals surface area (Å²) in [7, 11) is 1.89. The van der Waals surface area contributed by atoms with Gasteiger partial charge in [0.15, 0.2) is 0 Å². The molecule has 3 rings (SSSR count). The maximum Gasteiger partial charge on any atom is 0.0847 e. The van der Waals surface area contributed by atoms with E-state index >= 15 is 0 Å². The van der Waals surface area contributed by atoms with E-state index in [-0.39, 0.29) is 5.92 Å². The van der Waals surface area contributed by atoms with Crippen LogP contribution in [0.2, 0.25) is 5.02 Å². The Kier molecular flexibility index (Phi) is 3.89. The van der Waals surface area contributed by atoms with Crippen molar-refractivity contribution in [2.75, 3.05) is 0 Å². The average molecular weight is 311 g/mol. The topological polar surface area (TPSA) is 38.0 Å². The minimum Gasteiger partial charge on any atom is -0.392 e. The van der Waals surface area contributed by atoms with Crippen LogP contribution in [0.15, 0.2) is 11.4 Å². The van der Waals surface area contributed by atoms with Crippen LogP contribution in [0.4, 0.5) is 0 Å². The summed E-state index contributed by atoms with van der Waals surface area (Å²) >= 11 is 8.09. The molecule has 0 aliphatic heterocycles. The van der Waals surface area contributed by atoms with Gasteiger partial charge in [0.1, 0.15) is 0 Å². The van der Waals surface area contributed by atoms with Crippen molar-refractivity contribution in [3.63, 3.8) is 0 Å². The Balaban J connectivity index is 1.83. The molecule has 1 N–H and O–H groups in total. The van der Waals surface area contributed by atoms with E-state index in [0.717, 1.165) is 30.7 Å². The third-order valence-corrected chi connectivity index (χ3v) is 5.72. The van der Waals surface area contributed by atoms with Crippen molar-refractivity contribution in [2.24, 2.45) is 7.05 Å². The molecule has 0 radical (unpaired) electrons. The van der Waals surface area contributed by atoms with E-state index in [0.29, 0.717) is 11.4 Å². The summed E-state index contributed by atoms with van der Waals surface area (Å²) in [6.45, 7) is 1.90. The summed E-state index contributed by atoms with van der Waals surface area (Å²) in [4.78, 5) is 1.44. The minimum atomic E-state index is -0.393. The molecule has 2 atom stereocenters. The third kappa shape index (κ3) is 2.41. The van der Waals surface area contributed by atoms with Crippen molar-refractivity contribution in [3.8, 4) is 0 Å². The fourth-order valence-corrected chi connectivity index (χ4v) is 4.40. The first-order valence-corrected chi connectivity index (χ1v) is 8.26. The molecular weight excluding hydrogens is 292 g/mol. The Labute approximate surface area is 128 Å². The van der Waals surface area contributed by atoms with Gasteiger partial charge in [-0.3, -0.25) is 4.68 Å². The molecule has 3 nitrogen and oxygen atoms in total. The zero-order valence-electron chi connectivity index (χ0n) is 11.8. The Morgan fingerprint density at radius 3 is 3.10 bits per heavy atom. The normalized spacial score (nSPS) is 19.9. The highest BCUT2D eigenvalue weighted by atomic mass is 35.5. The SMILES string of the molecule is Cc1nn(C)c(CC(O)C2CCCc3sccc32)c1Cl. The van der Waals surface area contributed by atoms with Gasteiger partial charge in [0.05, 0.1) is 22.5 Å². The number of aryl methyl sites for hydroxylation is 3. The Morgan fingerprint density at radius 1 is 1.60 bits per heavy atom. The lowest BCUT2D eigenvalue weighted by Gasteiger charge is -2.27. The summed E-state index contributed by atoms with van der Waals surface area (Å²) < 4.78 is 1.79. The molecular formula is C15H19ClN2OS. The van der Waals surface area contributed by atoms with Crippen molar-refractivity contribution in [1.82, 2.24) is 9.78 Å². The molecule has 2 aromatic heterocycles. The first-order valence-electron chi connectivity index (χ1n) is 7.00. The summed E-state index contributed by atoms with van der Waals surface area (Å²) in [6.07, 6.45) is 3.54. The van der Waals surface area contributed by atoms with Gasteiger partial charge in [0.2, 0.25) is 0 Å². The van der Waals surface area contributed by atoms with Crippen LogP contribution in [-0.2, 0) is 19.9 Å². The lowest BCUT2D eigenvalue weighted by atomic mass is 9.82. The first-order chi connectivity index (χ1) is 9.58. The summed E-state index contributed by atoms with van der Waals surface area (Å²) in [6, 6.07) is 2.17. The molecule has 2 aromatic rings. The van der Waals surface area contributed by atoms with Crippen molar-refractivity contribution in [2.45, 2.75) is 44.6 Å². The van der Waals surface area contributed by atoms with Gasteiger partial charge in [-0.1, -0.05) is 11.6 Å². The van der Waals surface area contributed by atoms with Crippen molar-refractivity contribution in [3.05, 3.63) is 38.3 Å². The fourth-order valence-electron chi connectivity index (χ4n) is 3.16. The molecule has 0 saturated carbocycles. The number of rotatable bonds is 3. The van der Waals surface area contributed by atoms with Crippen LogP contribution in [0.5, 0.6) is 0 Å². The summed E-state index contributed by atoms with van der Waals surface area (Å²) in [5.41, 5.74) is 3.10. The fraction of sp³-hybridized carbons (Fsp3) is 0.533. The smallest absolute Gasteiger partial charge is 0.0847 e. The second-order valence-corrected chi connectivity index (χ2v) is 6.92. The Morgan fingerprint density at radius 2 is 2.40 bits per heavy atom. The van der Waals surface area contributed by atoms with E-state index in [2.05, 4.69) is 16.5 Å². The lowest BCUT2D eigenvalue weighted by molar-refractivity contribution is 0.133. The summed E-state index contributed by atoms with van der Waals surface area (Å²) in [5, 5.41) is 17.8. The van der Waals surface area contributed by atoms with Gasteiger partial charge in [-0.15, -0.1) is 11.3 Å². The van der Waals surface area contributed by atoms with Gasteiger partial charge in [0, 0.05) is 24.3 Å². The zero-order chi connectivity index (χ0) is 14.3. The van der Waals surface area contributed by atoms with E-state index in [1.54, 1.807) is 4.68 Å². The predicted octanol–water partition coefficient (Wildman–Crippen LogP) is 3.47. The second kappa shape index (κ2) is 5.51. The molecule has 2 unspecified atom stereocenters. The molecule has 108 valence electrons. The molecule has 0 aromatic carbocycles. The minimum absolute atomic E-state index is 0.233. The standard InChI is InChI=1S/C15H19ClN2OS/c1-9-15(16)12(18(2)17-9)8-13(19)10-4-3-5-14-11(10)6-7-20-14/h6-7,10,13,19H,3-5,8H2,1-2H3. The molecule has 0 spiro atoms.